The van der Waals surface area contributed by atoms with Crippen molar-refractivity contribution >= 4 is 28.1 Å². The lowest BCUT2D eigenvalue weighted by atomic mass is 10.1. The molecule has 10 nitrogen and oxygen atoms in total. The van der Waals surface area contributed by atoms with Crippen LogP contribution in [0, 0.1) is 10.1 Å². The van der Waals surface area contributed by atoms with Crippen molar-refractivity contribution in [2.75, 3.05) is 7.11 Å². The van der Waals surface area contributed by atoms with Gasteiger partial charge in [0.05, 0.1) is 17.7 Å². The second kappa shape index (κ2) is 10.5. The summed E-state index contributed by atoms with van der Waals surface area (Å²) in [6.45, 7) is 1.92. The number of amides is 1. The van der Waals surface area contributed by atoms with Gasteiger partial charge in [0.2, 0.25) is 0 Å². The number of carbonyl (C=O) groups excluding carboxylic acids is 1. The Morgan fingerprint density at radius 2 is 1.94 bits per heavy atom. The summed E-state index contributed by atoms with van der Waals surface area (Å²) in [5.74, 6) is 0.651. The minimum atomic E-state index is -0.577. The quantitative estimate of drug-likeness (QED) is 0.222. The third-order valence-electron chi connectivity index (χ3n) is 5.33. The molecule has 0 saturated carbocycles. The highest BCUT2D eigenvalue weighted by atomic mass is 16.6. The summed E-state index contributed by atoms with van der Waals surface area (Å²) >= 11 is 0. The Morgan fingerprint density at radius 1 is 1.14 bits per heavy atom. The van der Waals surface area contributed by atoms with Gasteiger partial charge in [-0.25, -0.2) is 5.43 Å². The first-order valence-corrected chi connectivity index (χ1v) is 10.7. The molecule has 0 unspecified atom stereocenters. The van der Waals surface area contributed by atoms with Crippen LogP contribution in [0.1, 0.15) is 18.1 Å². The van der Waals surface area contributed by atoms with Gasteiger partial charge in [-0.3, -0.25) is 19.6 Å². The first-order chi connectivity index (χ1) is 16.9. The number of hydrogen-bond donors (Lipinski definition) is 1. The number of hydrazone groups is 1. The number of rotatable bonds is 9. The molecule has 0 atom stereocenters. The average molecular weight is 473 g/mol. The molecule has 1 heterocycles. The molecule has 35 heavy (non-hydrogen) atoms. The Bertz CT molecular complexity index is 1410. The van der Waals surface area contributed by atoms with E-state index in [-0.39, 0.29) is 12.2 Å². The monoisotopic (exact) mass is 473 g/mol. The molecule has 0 spiro atoms. The number of fused-ring (bicyclic) bond motifs is 1. The summed E-state index contributed by atoms with van der Waals surface area (Å²) in [6.07, 6.45) is 2.26. The Balaban J connectivity index is 1.41. The fourth-order valence-corrected chi connectivity index (χ4v) is 3.51. The molecule has 0 fully saturated rings. The molecule has 1 aromatic heterocycles. The molecule has 1 N–H and O–H groups in total. The van der Waals surface area contributed by atoms with E-state index in [9.17, 15) is 14.9 Å². The number of aromatic nitrogens is 2. The summed E-state index contributed by atoms with van der Waals surface area (Å²) in [7, 11) is 1.56. The topological polar surface area (TPSA) is 121 Å². The molecule has 0 radical (unpaired) electrons. The lowest BCUT2D eigenvalue weighted by Crippen LogP contribution is -2.24. The van der Waals surface area contributed by atoms with Crippen LogP contribution < -0.4 is 14.9 Å². The van der Waals surface area contributed by atoms with Crippen LogP contribution in [-0.4, -0.2) is 33.4 Å². The summed E-state index contributed by atoms with van der Waals surface area (Å²) in [5, 5.41) is 20.9. The van der Waals surface area contributed by atoms with Crippen LogP contribution in [0.5, 0.6) is 11.5 Å². The molecular weight excluding hydrogens is 450 g/mol. The van der Waals surface area contributed by atoms with Gasteiger partial charge in [0.1, 0.15) is 25.5 Å². The van der Waals surface area contributed by atoms with Gasteiger partial charge in [0.15, 0.2) is 11.5 Å². The number of carbonyl (C=O) groups is 1. The molecule has 0 aliphatic rings. The zero-order valence-electron chi connectivity index (χ0n) is 19.2. The van der Waals surface area contributed by atoms with E-state index in [1.807, 2.05) is 30.3 Å². The number of methoxy groups -OCH3 is 1. The molecule has 3 aromatic carbocycles. The van der Waals surface area contributed by atoms with Gasteiger partial charge in [-0.1, -0.05) is 42.5 Å². The van der Waals surface area contributed by atoms with E-state index in [1.165, 1.54) is 10.9 Å². The zero-order valence-corrected chi connectivity index (χ0v) is 19.2. The van der Waals surface area contributed by atoms with Crippen LogP contribution in [0.2, 0.25) is 0 Å². The SMILES string of the molecule is COc1cc(/C(C)=N/NC(=O)Cn2cc([N+](=O)[O-])cn2)ccc1OCc1cccc2ccccc12. The fraction of sp³-hybridized carbons (Fsp3) is 0.160. The van der Waals surface area contributed by atoms with Crippen LogP contribution in [0.3, 0.4) is 0 Å². The number of benzene rings is 3. The minimum Gasteiger partial charge on any atom is -0.493 e. The van der Waals surface area contributed by atoms with Gasteiger partial charge < -0.3 is 9.47 Å². The Labute approximate surface area is 200 Å². The van der Waals surface area contributed by atoms with Crippen molar-refractivity contribution in [1.82, 2.24) is 15.2 Å². The largest absolute Gasteiger partial charge is 0.493 e. The van der Waals surface area contributed by atoms with E-state index in [4.69, 9.17) is 9.47 Å². The molecule has 0 bridgehead atoms. The number of nitrogens with zero attached hydrogens (tertiary/aromatic N) is 4. The molecule has 0 aliphatic carbocycles. The number of hydrogen-bond acceptors (Lipinski definition) is 7. The smallest absolute Gasteiger partial charge is 0.307 e. The Morgan fingerprint density at radius 3 is 2.71 bits per heavy atom. The second-order valence-corrected chi connectivity index (χ2v) is 7.68. The van der Waals surface area contributed by atoms with Crippen LogP contribution in [0.4, 0.5) is 5.69 Å². The van der Waals surface area contributed by atoms with Gasteiger partial charge in [0, 0.05) is 5.56 Å². The van der Waals surface area contributed by atoms with E-state index < -0.39 is 10.8 Å². The maximum Gasteiger partial charge on any atom is 0.307 e. The predicted molar refractivity (Wildman–Crippen MR) is 131 cm³/mol. The molecule has 1 amide bonds. The second-order valence-electron chi connectivity index (χ2n) is 7.68. The van der Waals surface area contributed by atoms with Crippen molar-refractivity contribution in [3.8, 4) is 11.5 Å². The maximum atomic E-state index is 12.1. The van der Waals surface area contributed by atoms with E-state index in [0.717, 1.165) is 28.1 Å². The normalized spacial score (nSPS) is 11.3. The van der Waals surface area contributed by atoms with Crippen molar-refractivity contribution in [1.29, 1.82) is 0 Å². The lowest BCUT2D eigenvalue weighted by molar-refractivity contribution is -0.385. The van der Waals surface area contributed by atoms with Crippen molar-refractivity contribution < 1.29 is 19.2 Å². The van der Waals surface area contributed by atoms with Gasteiger partial charge in [-0.05, 0) is 41.5 Å². The fourth-order valence-electron chi connectivity index (χ4n) is 3.51. The van der Waals surface area contributed by atoms with Gasteiger partial charge in [-0.2, -0.15) is 10.2 Å². The van der Waals surface area contributed by atoms with Crippen molar-refractivity contribution in [2.45, 2.75) is 20.1 Å². The van der Waals surface area contributed by atoms with E-state index in [2.05, 4.69) is 33.8 Å². The van der Waals surface area contributed by atoms with Gasteiger partial charge in [0.25, 0.3) is 5.91 Å². The van der Waals surface area contributed by atoms with Crippen molar-refractivity contribution in [2.24, 2.45) is 5.10 Å². The van der Waals surface area contributed by atoms with Crippen molar-refractivity contribution in [3.63, 3.8) is 0 Å². The van der Waals surface area contributed by atoms with Gasteiger partial charge >= 0.3 is 5.69 Å². The third-order valence-corrected chi connectivity index (χ3v) is 5.33. The Kier molecular flexibility index (Phi) is 7.01. The van der Waals surface area contributed by atoms with Crippen LogP contribution in [-0.2, 0) is 17.9 Å². The molecule has 178 valence electrons. The number of nitro groups is 1. The predicted octanol–water partition coefficient (Wildman–Crippen LogP) is 4.07. The van der Waals surface area contributed by atoms with Gasteiger partial charge in [-0.15, -0.1) is 0 Å². The van der Waals surface area contributed by atoms with Crippen LogP contribution >= 0.6 is 0 Å². The highest BCUT2D eigenvalue weighted by Crippen LogP contribution is 2.30. The minimum absolute atomic E-state index is 0.188. The van der Waals surface area contributed by atoms with E-state index in [1.54, 1.807) is 26.2 Å². The molecular formula is C25H23N5O5. The van der Waals surface area contributed by atoms with Crippen LogP contribution in [0.15, 0.2) is 78.2 Å². The third kappa shape index (κ3) is 5.61. The maximum absolute atomic E-state index is 12.1. The molecule has 4 rings (SSSR count). The number of nitrogens with one attached hydrogen (secondary N) is 1. The highest BCUT2D eigenvalue weighted by Gasteiger charge is 2.12. The summed E-state index contributed by atoms with van der Waals surface area (Å²) in [4.78, 5) is 22.3. The summed E-state index contributed by atoms with van der Waals surface area (Å²) in [5.41, 5.74) is 4.59. The zero-order chi connectivity index (χ0) is 24.8. The molecule has 4 aromatic rings. The molecule has 0 saturated heterocycles. The van der Waals surface area contributed by atoms with Crippen molar-refractivity contribution in [3.05, 3.63) is 94.3 Å². The average Bonchev–Trinajstić information content (AvgIpc) is 3.34. The number of ether oxygens (including phenoxy) is 2. The first-order valence-electron chi connectivity index (χ1n) is 10.7. The standard InChI is InChI=1S/C25H23N5O5/c1-17(27-28-25(31)15-29-14-21(13-26-29)30(32)33)19-10-11-23(24(12-19)34-2)35-16-20-8-5-7-18-6-3-4-9-22(18)20/h3-14H,15-16H2,1-2H3,(H,28,31)/b27-17+. The first kappa shape index (κ1) is 23.4. The lowest BCUT2D eigenvalue weighted by Gasteiger charge is -2.13. The highest BCUT2D eigenvalue weighted by molar-refractivity contribution is 5.99. The summed E-state index contributed by atoms with van der Waals surface area (Å²) < 4.78 is 12.7. The van der Waals surface area contributed by atoms with E-state index >= 15 is 0 Å². The Hall–Kier alpha value is -4.73. The summed E-state index contributed by atoms with van der Waals surface area (Å²) in [6, 6.07) is 19.6. The molecule has 10 heteroatoms. The molecule has 0 aliphatic heterocycles. The van der Waals surface area contributed by atoms with Crippen LogP contribution in [0.25, 0.3) is 10.8 Å². The van der Waals surface area contributed by atoms with E-state index in [0.29, 0.717) is 23.8 Å².